The van der Waals surface area contributed by atoms with Gasteiger partial charge in [0.15, 0.2) is 17.2 Å². The predicted molar refractivity (Wildman–Crippen MR) is 116 cm³/mol. The van der Waals surface area contributed by atoms with Crippen LogP contribution in [0.1, 0.15) is 40.3 Å². The lowest BCUT2D eigenvalue weighted by molar-refractivity contribution is 0.0946. The van der Waals surface area contributed by atoms with E-state index < -0.39 is 0 Å². The van der Waals surface area contributed by atoms with Crippen LogP contribution in [-0.4, -0.2) is 35.7 Å². The van der Waals surface area contributed by atoms with Crippen molar-refractivity contribution in [3.63, 3.8) is 0 Å². The molecule has 1 N–H and O–H groups in total. The molecule has 0 spiro atoms. The van der Waals surface area contributed by atoms with Crippen molar-refractivity contribution in [2.45, 2.75) is 38.5 Å². The molecule has 0 unspecified atom stereocenters. The highest BCUT2D eigenvalue weighted by Crippen LogP contribution is 2.33. The Bertz CT molecular complexity index is 1110. The van der Waals surface area contributed by atoms with Crippen LogP contribution in [0.2, 0.25) is 0 Å². The number of nitrogens with one attached hydrogen (secondary N) is 1. The minimum atomic E-state index is -0.186. The van der Waals surface area contributed by atoms with Gasteiger partial charge in [0.1, 0.15) is 12.0 Å². The van der Waals surface area contributed by atoms with Gasteiger partial charge in [0.25, 0.3) is 5.91 Å². The molecule has 0 atom stereocenters. The van der Waals surface area contributed by atoms with E-state index in [-0.39, 0.29) is 18.7 Å². The summed E-state index contributed by atoms with van der Waals surface area (Å²) in [6.07, 6.45) is 3.48. The third-order valence-electron chi connectivity index (χ3n) is 5.49. The molecule has 32 heavy (non-hydrogen) atoms. The fourth-order valence-electron chi connectivity index (χ4n) is 3.71. The van der Waals surface area contributed by atoms with Gasteiger partial charge >= 0.3 is 0 Å². The number of amides is 1. The first-order valence-electron chi connectivity index (χ1n) is 10.7. The number of rotatable bonds is 9. The number of aromatic nitrogens is 1. The molecule has 0 saturated heterocycles. The van der Waals surface area contributed by atoms with E-state index in [2.05, 4.69) is 15.2 Å². The molecule has 1 aromatic heterocycles. The summed E-state index contributed by atoms with van der Waals surface area (Å²) in [5, 5.41) is 2.94. The van der Waals surface area contributed by atoms with Crippen LogP contribution in [0.25, 0.3) is 0 Å². The Kier molecular flexibility index (Phi) is 5.68. The summed E-state index contributed by atoms with van der Waals surface area (Å²) in [6.45, 7) is 1.92. The molecule has 0 radical (unpaired) electrons. The number of benzene rings is 2. The zero-order valence-corrected chi connectivity index (χ0v) is 17.9. The molecule has 1 saturated carbocycles. The normalized spacial score (nSPS) is 14.6. The zero-order chi connectivity index (χ0) is 21.9. The fourth-order valence-corrected chi connectivity index (χ4v) is 3.71. The van der Waals surface area contributed by atoms with Crippen LogP contribution in [0.3, 0.4) is 0 Å². The van der Waals surface area contributed by atoms with E-state index >= 15 is 0 Å². The van der Waals surface area contributed by atoms with Crippen LogP contribution in [0, 0.1) is 0 Å². The lowest BCUT2D eigenvalue weighted by atomic mass is 10.1. The van der Waals surface area contributed by atoms with Crippen LogP contribution < -0.4 is 19.5 Å². The first-order valence-corrected chi connectivity index (χ1v) is 10.7. The second kappa shape index (κ2) is 8.92. The molecule has 5 rings (SSSR count). The molecule has 0 bridgehead atoms. The van der Waals surface area contributed by atoms with Crippen molar-refractivity contribution in [2.75, 3.05) is 13.9 Å². The molecule has 2 aliphatic rings. The Hall–Kier alpha value is -3.52. The Morgan fingerprint density at radius 3 is 2.81 bits per heavy atom. The number of hydrogen-bond donors (Lipinski definition) is 1. The molecule has 1 aliphatic carbocycles. The molecule has 1 fully saturated rings. The van der Waals surface area contributed by atoms with Gasteiger partial charge in [-0.05, 0) is 36.6 Å². The second-order valence-electron chi connectivity index (χ2n) is 8.02. The highest BCUT2D eigenvalue weighted by molar-refractivity contribution is 5.92. The number of ether oxygens (including phenoxy) is 3. The Balaban J connectivity index is 1.35. The standard InChI is InChI=1S/C24H25N3O5/c1-29-20-5-3-2-4-17(20)12-27(11-16-6-9-21-22(10-16)32-15-31-21)13-23-26-19(14-30-23)24(28)25-18-7-8-18/h2-6,9-10,14,18H,7-8,11-13,15H2,1H3,(H,25,28). The first kappa shape index (κ1) is 20.4. The Morgan fingerprint density at radius 1 is 1.12 bits per heavy atom. The summed E-state index contributed by atoms with van der Waals surface area (Å²) in [6, 6.07) is 14.1. The van der Waals surface area contributed by atoms with E-state index in [1.54, 1.807) is 7.11 Å². The average Bonchev–Trinajstić information content (AvgIpc) is 3.29. The summed E-state index contributed by atoms with van der Waals surface area (Å²) in [5.41, 5.74) is 2.43. The summed E-state index contributed by atoms with van der Waals surface area (Å²) < 4.78 is 22.1. The van der Waals surface area contributed by atoms with Crippen molar-refractivity contribution < 1.29 is 23.4 Å². The van der Waals surface area contributed by atoms with Gasteiger partial charge in [-0.2, -0.15) is 0 Å². The van der Waals surface area contributed by atoms with Gasteiger partial charge in [0.2, 0.25) is 12.7 Å². The third-order valence-corrected chi connectivity index (χ3v) is 5.49. The maximum Gasteiger partial charge on any atom is 0.273 e. The number of nitrogens with zero attached hydrogens (tertiary/aromatic N) is 2. The first-order chi connectivity index (χ1) is 15.7. The minimum absolute atomic E-state index is 0.186. The maximum absolute atomic E-state index is 12.3. The van der Waals surface area contributed by atoms with E-state index in [4.69, 9.17) is 18.6 Å². The van der Waals surface area contributed by atoms with E-state index in [0.29, 0.717) is 31.2 Å². The molecule has 1 aliphatic heterocycles. The highest BCUT2D eigenvalue weighted by atomic mass is 16.7. The quantitative estimate of drug-likeness (QED) is 0.550. The van der Waals surface area contributed by atoms with Crippen LogP contribution >= 0.6 is 0 Å². The van der Waals surface area contributed by atoms with Gasteiger partial charge < -0.3 is 23.9 Å². The number of fused-ring (bicyclic) bond motifs is 1. The SMILES string of the molecule is COc1ccccc1CN(Cc1ccc2c(c1)OCO2)Cc1nc(C(=O)NC2CC2)co1. The van der Waals surface area contributed by atoms with Gasteiger partial charge in [-0.15, -0.1) is 0 Å². The van der Waals surface area contributed by atoms with Gasteiger partial charge in [0.05, 0.1) is 13.7 Å². The number of oxazole rings is 1. The topological polar surface area (TPSA) is 86.1 Å². The fraction of sp³-hybridized carbons (Fsp3) is 0.333. The molecule has 2 heterocycles. The lowest BCUT2D eigenvalue weighted by Crippen LogP contribution is -2.26. The van der Waals surface area contributed by atoms with Gasteiger partial charge in [-0.3, -0.25) is 9.69 Å². The molecule has 3 aromatic rings. The lowest BCUT2D eigenvalue weighted by Gasteiger charge is -2.22. The van der Waals surface area contributed by atoms with Crippen molar-refractivity contribution in [1.29, 1.82) is 0 Å². The summed E-state index contributed by atoms with van der Waals surface area (Å²) in [4.78, 5) is 18.9. The summed E-state index contributed by atoms with van der Waals surface area (Å²) in [5.74, 6) is 2.62. The summed E-state index contributed by atoms with van der Waals surface area (Å²) >= 11 is 0. The molecule has 166 valence electrons. The monoisotopic (exact) mass is 435 g/mol. The Morgan fingerprint density at radius 2 is 1.97 bits per heavy atom. The van der Waals surface area contributed by atoms with Crippen LogP contribution in [0.15, 0.2) is 53.1 Å². The van der Waals surface area contributed by atoms with Crippen molar-refractivity contribution >= 4 is 5.91 Å². The molecule has 8 heteroatoms. The largest absolute Gasteiger partial charge is 0.496 e. The Labute approximate surface area is 186 Å². The van der Waals surface area contributed by atoms with Crippen molar-refractivity contribution in [3.8, 4) is 17.2 Å². The third kappa shape index (κ3) is 4.70. The molecular weight excluding hydrogens is 410 g/mol. The predicted octanol–water partition coefficient (Wildman–Crippen LogP) is 3.51. The highest BCUT2D eigenvalue weighted by Gasteiger charge is 2.25. The molecule has 8 nitrogen and oxygen atoms in total. The van der Waals surface area contributed by atoms with Crippen molar-refractivity contribution in [1.82, 2.24) is 15.2 Å². The van der Waals surface area contributed by atoms with E-state index in [1.807, 2.05) is 42.5 Å². The maximum atomic E-state index is 12.3. The smallest absolute Gasteiger partial charge is 0.273 e. The van der Waals surface area contributed by atoms with Crippen LogP contribution in [0.4, 0.5) is 0 Å². The zero-order valence-electron chi connectivity index (χ0n) is 17.9. The average molecular weight is 435 g/mol. The van der Waals surface area contributed by atoms with Crippen LogP contribution in [0.5, 0.6) is 17.2 Å². The van der Waals surface area contributed by atoms with Crippen molar-refractivity contribution in [3.05, 3.63) is 71.4 Å². The number of carbonyl (C=O) groups excluding carboxylic acids is 1. The minimum Gasteiger partial charge on any atom is -0.496 e. The molecule has 1 amide bonds. The molecular formula is C24H25N3O5. The van der Waals surface area contributed by atoms with Crippen molar-refractivity contribution in [2.24, 2.45) is 0 Å². The van der Waals surface area contributed by atoms with E-state index in [1.165, 1.54) is 6.26 Å². The van der Waals surface area contributed by atoms with Crippen LogP contribution in [-0.2, 0) is 19.6 Å². The number of carbonyl (C=O) groups is 1. The van der Waals surface area contributed by atoms with E-state index in [9.17, 15) is 4.79 Å². The summed E-state index contributed by atoms with van der Waals surface area (Å²) in [7, 11) is 1.67. The van der Waals surface area contributed by atoms with Gasteiger partial charge in [-0.25, -0.2) is 4.98 Å². The number of para-hydroxylation sites is 1. The molecule has 2 aromatic carbocycles. The second-order valence-corrected chi connectivity index (χ2v) is 8.02. The van der Waals surface area contributed by atoms with E-state index in [0.717, 1.165) is 41.2 Å². The van der Waals surface area contributed by atoms with Gasteiger partial charge in [-0.1, -0.05) is 24.3 Å². The number of hydrogen-bond acceptors (Lipinski definition) is 7. The van der Waals surface area contributed by atoms with Gasteiger partial charge in [0, 0.05) is 24.7 Å². The number of methoxy groups -OCH3 is 1.